The first-order chi connectivity index (χ1) is 22.9. The van der Waals surface area contributed by atoms with Crippen LogP contribution in [0.15, 0.2) is 126 Å². The van der Waals surface area contributed by atoms with Gasteiger partial charge in [-0.05, 0) is 64.9 Å². The second-order valence-corrected chi connectivity index (χ2v) is 11.4. The van der Waals surface area contributed by atoms with Crippen LogP contribution in [-0.2, 0) is 24.1 Å². The molecule has 0 bridgehead atoms. The van der Waals surface area contributed by atoms with Gasteiger partial charge in [-0.15, -0.1) is 0 Å². The lowest BCUT2D eigenvalue weighted by Crippen LogP contribution is -2.31. The highest BCUT2D eigenvalue weighted by Crippen LogP contribution is 2.35. The van der Waals surface area contributed by atoms with Gasteiger partial charge in [0.1, 0.15) is 17.5 Å². The van der Waals surface area contributed by atoms with Crippen LogP contribution in [0.25, 0.3) is 22.1 Å². The molecule has 0 amide bonds. The van der Waals surface area contributed by atoms with Gasteiger partial charge in [0.2, 0.25) is 0 Å². The molecule has 0 aliphatic carbocycles. The minimum atomic E-state index is -1.09. The fourth-order valence-corrected chi connectivity index (χ4v) is 5.77. The number of nitro benzene ring substituents is 1. The summed E-state index contributed by atoms with van der Waals surface area (Å²) in [7, 11) is 0. The maximum absolute atomic E-state index is 12.0. The van der Waals surface area contributed by atoms with E-state index in [9.17, 15) is 20.0 Å². The summed E-state index contributed by atoms with van der Waals surface area (Å²) in [6, 6.07) is 37.2. The number of rotatable bonds is 13. The Labute approximate surface area is 272 Å². The number of carboxylic acid groups (broad SMARTS) is 1. The van der Waals surface area contributed by atoms with Gasteiger partial charge in [0.05, 0.1) is 11.5 Å². The molecule has 6 aromatic rings. The van der Waals surface area contributed by atoms with E-state index in [1.165, 1.54) is 11.6 Å². The van der Waals surface area contributed by atoms with E-state index in [1.807, 2.05) is 85.8 Å². The summed E-state index contributed by atoms with van der Waals surface area (Å²) in [5, 5.41) is 25.7. The van der Waals surface area contributed by atoms with Crippen LogP contribution >= 0.6 is 0 Å². The van der Waals surface area contributed by atoms with Gasteiger partial charge in [0, 0.05) is 24.3 Å². The molecule has 47 heavy (non-hydrogen) atoms. The second kappa shape index (κ2) is 14.0. The lowest BCUT2D eigenvalue weighted by atomic mass is 9.97. The van der Waals surface area contributed by atoms with Crippen molar-refractivity contribution in [1.29, 1.82) is 0 Å². The van der Waals surface area contributed by atoms with Crippen LogP contribution in [0.2, 0.25) is 0 Å². The van der Waals surface area contributed by atoms with E-state index in [-0.39, 0.29) is 17.8 Å². The monoisotopic (exact) mass is 626 g/mol. The van der Waals surface area contributed by atoms with Crippen molar-refractivity contribution in [3.05, 3.63) is 159 Å². The summed E-state index contributed by atoms with van der Waals surface area (Å²) in [5.74, 6) is 0.495. The number of furan rings is 1. The van der Waals surface area contributed by atoms with Crippen molar-refractivity contribution in [2.75, 3.05) is 11.9 Å². The number of nitrogens with zero attached hydrogens (tertiary/aromatic N) is 1. The standard InChI is InChI=1S/C39H34N2O6/c1-2-46-37-20-18-31(33-25-32(47-38(33)37)22-26-9-5-3-6-10-26)21-28-13-15-29(16-14-28)30-17-19-34(36(24-30)41(44)45)40-35(39(42)43)23-27-11-7-4-8-12-27/h3-20,24-25,35,40H,2,21-23H2,1H3,(H,42,43). The number of benzene rings is 5. The maximum Gasteiger partial charge on any atom is 0.326 e. The summed E-state index contributed by atoms with van der Waals surface area (Å²) in [5.41, 5.74) is 6.34. The van der Waals surface area contributed by atoms with E-state index in [2.05, 4.69) is 29.6 Å². The number of fused-ring (bicyclic) bond motifs is 1. The average molecular weight is 627 g/mol. The van der Waals surface area contributed by atoms with Crippen molar-refractivity contribution in [1.82, 2.24) is 0 Å². The first kappa shape index (κ1) is 31.1. The molecule has 0 aliphatic rings. The number of hydrogen-bond donors (Lipinski definition) is 2. The number of aliphatic carboxylic acids is 1. The number of nitrogens with one attached hydrogen (secondary N) is 1. The van der Waals surface area contributed by atoms with Gasteiger partial charge in [0.25, 0.3) is 5.69 Å². The van der Waals surface area contributed by atoms with Gasteiger partial charge in [-0.2, -0.15) is 0 Å². The van der Waals surface area contributed by atoms with Crippen molar-refractivity contribution in [3.63, 3.8) is 0 Å². The number of nitro groups is 1. The zero-order valence-electron chi connectivity index (χ0n) is 25.9. The molecule has 1 unspecified atom stereocenters. The zero-order chi connectivity index (χ0) is 32.8. The van der Waals surface area contributed by atoms with Gasteiger partial charge >= 0.3 is 5.97 Å². The third-order valence-corrected chi connectivity index (χ3v) is 8.10. The molecular weight excluding hydrogens is 592 g/mol. The second-order valence-electron chi connectivity index (χ2n) is 11.4. The van der Waals surface area contributed by atoms with Crippen molar-refractivity contribution in [2.24, 2.45) is 0 Å². The van der Waals surface area contributed by atoms with Gasteiger partial charge in [-0.25, -0.2) is 4.79 Å². The third-order valence-electron chi connectivity index (χ3n) is 8.10. The van der Waals surface area contributed by atoms with Gasteiger partial charge < -0.3 is 19.6 Å². The average Bonchev–Trinajstić information content (AvgIpc) is 3.51. The van der Waals surface area contributed by atoms with E-state index in [0.717, 1.165) is 44.7 Å². The third kappa shape index (κ3) is 7.34. The van der Waals surface area contributed by atoms with Gasteiger partial charge in [-0.3, -0.25) is 10.1 Å². The molecule has 236 valence electrons. The van der Waals surface area contributed by atoms with E-state index in [4.69, 9.17) is 9.15 Å². The Kier molecular flexibility index (Phi) is 9.29. The molecule has 0 saturated carbocycles. The van der Waals surface area contributed by atoms with Crippen LogP contribution in [-0.4, -0.2) is 28.6 Å². The van der Waals surface area contributed by atoms with Gasteiger partial charge in [0.15, 0.2) is 11.3 Å². The Bertz CT molecular complexity index is 2000. The molecule has 2 N–H and O–H groups in total. The number of hydrogen-bond acceptors (Lipinski definition) is 6. The minimum Gasteiger partial charge on any atom is -0.490 e. The topological polar surface area (TPSA) is 115 Å². The minimum absolute atomic E-state index is 0.157. The summed E-state index contributed by atoms with van der Waals surface area (Å²) < 4.78 is 12.2. The molecule has 0 fully saturated rings. The molecule has 1 atom stereocenters. The molecule has 8 heteroatoms. The molecule has 0 saturated heterocycles. The van der Waals surface area contributed by atoms with Crippen LogP contribution in [0.3, 0.4) is 0 Å². The molecule has 0 spiro atoms. The fourth-order valence-electron chi connectivity index (χ4n) is 5.77. The van der Waals surface area contributed by atoms with Crippen molar-refractivity contribution >= 4 is 28.3 Å². The van der Waals surface area contributed by atoms with Crippen LogP contribution in [0.4, 0.5) is 11.4 Å². The Balaban J connectivity index is 1.22. The van der Waals surface area contributed by atoms with Crippen LogP contribution in [0.5, 0.6) is 5.75 Å². The number of carbonyl (C=O) groups is 1. The number of anilines is 1. The highest BCUT2D eigenvalue weighted by molar-refractivity contribution is 5.87. The fraction of sp³-hybridized carbons (Fsp3) is 0.154. The highest BCUT2D eigenvalue weighted by Gasteiger charge is 2.23. The SMILES string of the molecule is CCOc1ccc(Cc2ccc(-c3ccc(NC(Cc4ccccc4)C(=O)O)c([N+](=O)[O-])c3)cc2)c2cc(Cc3ccccc3)oc12. The quantitative estimate of drug-likeness (QED) is 0.0973. The lowest BCUT2D eigenvalue weighted by molar-refractivity contribution is -0.383. The molecule has 1 heterocycles. The zero-order valence-corrected chi connectivity index (χ0v) is 25.9. The summed E-state index contributed by atoms with van der Waals surface area (Å²) in [6.07, 6.45) is 1.53. The number of carboxylic acids is 1. The predicted octanol–water partition coefficient (Wildman–Crippen LogP) is 8.70. The Morgan fingerprint density at radius 3 is 2.15 bits per heavy atom. The van der Waals surface area contributed by atoms with E-state index >= 15 is 0 Å². The van der Waals surface area contributed by atoms with Crippen molar-refractivity contribution in [2.45, 2.75) is 32.2 Å². The van der Waals surface area contributed by atoms with Crippen molar-refractivity contribution in [3.8, 4) is 16.9 Å². The Morgan fingerprint density at radius 1 is 0.830 bits per heavy atom. The summed E-state index contributed by atoms with van der Waals surface area (Å²) in [4.78, 5) is 23.6. The largest absolute Gasteiger partial charge is 0.490 e. The molecule has 6 rings (SSSR count). The molecule has 0 radical (unpaired) electrons. The molecule has 8 nitrogen and oxygen atoms in total. The first-order valence-electron chi connectivity index (χ1n) is 15.5. The Hall–Kier alpha value is -5.89. The summed E-state index contributed by atoms with van der Waals surface area (Å²) >= 11 is 0. The molecule has 5 aromatic carbocycles. The first-order valence-corrected chi connectivity index (χ1v) is 15.5. The summed E-state index contributed by atoms with van der Waals surface area (Å²) in [6.45, 7) is 2.49. The van der Waals surface area contributed by atoms with E-state index in [1.54, 1.807) is 12.1 Å². The Morgan fingerprint density at radius 2 is 1.49 bits per heavy atom. The molecule has 1 aromatic heterocycles. The van der Waals surface area contributed by atoms with Gasteiger partial charge in [-0.1, -0.05) is 97.1 Å². The normalized spacial score (nSPS) is 11.7. The number of ether oxygens (including phenoxy) is 1. The molecule has 0 aliphatic heterocycles. The maximum atomic E-state index is 12.0. The van der Waals surface area contributed by atoms with Crippen LogP contribution < -0.4 is 10.1 Å². The smallest absolute Gasteiger partial charge is 0.326 e. The highest BCUT2D eigenvalue weighted by atomic mass is 16.6. The van der Waals surface area contributed by atoms with Crippen LogP contribution in [0, 0.1) is 10.1 Å². The molecular formula is C39H34N2O6. The van der Waals surface area contributed by atoms with E-state index < -0.39 is 16.9 Å². The van der Waals surface area contributed by atoms with Crippen molar-refractivity contribution < 1.29 is 24.0 Å². The van der Waals surface area contributed by atoms with Crippen LogP contribution in [0.1, 0.15) is 34.9 Å². The predicted molar refractivity (Wildman–Crippen MR) is 183 cm³/mol. The van der Waals surface area contributed by atoms with E-state index in [0.29, 0.717) is 25.0 Å². The lowest BCUT2D eigenvalue weighted by Gasteiger charge is -2.16.